The molecule has 2 aromatic carbocycles. The number of anilines is 1. The molecule has 0 bridgehead atoms. The van der Waals surface area contributed by atoms with Crippen LogP contribution in [0.25, 0.3) is 10.2 Å². The van der Waals surface area contributed by atoms with Crippen LogP contribution in [0.4, 0.5) is 10.1 Å². The molecule has 0 atom stereocenters. The molecule has 4 aromatic rings. The van der Waals surface area contributed by atoms with Crippen LogP contribution in [-0.2, 0) is 16.1 Å². The lowest BCUT2D eigenvalue weighted by molar-refractivity contribution is -0.119. The van der Waals surface area contributed by atoms with E-state index in [-0.39, 0.29) is 23.2 Å². The quantitative estimate of drug-likeness (QED) is 0.191. The van der Waals surface area contributed by atoms with Crippen LogP contribution >= 0.6 is 23.6 Å². The minimum atomic E-state index is -0.590. The highest BCUT2D eigenvalue weighted by Crippen LogP contribution is 2.36. The number of thiophene rings is 1. The van der Waals surface area contributed by atoms with Gasteiger partial charge in [0.2, 0.25) is 5.91 Å². The molecule has 2 heterocycles. The number of thiocarbonyl (C=S) groups is 1. The number of fused-ring (bicyclic) bond motifs is 1. The van der Waals surface area contributed by atoms with Gasteiger partial charge >= 0.3 is 0 Å². The van der Waals surface area contributed by atoms with E-state index in [1.807, 2.05) is 43.3 Å². The third kappa shape index (κ3) is 6.17. The molecule has 0 aliphatic rings. The number of carbonyl (C=O) groups excluding carboxylic acids is 1. The van der Waals surface area contributed by atoms with Crippen molar-refractivity contribution in [2.24, 2.45) is 5.16 Å². The molecule has 7 nitrogen and oxygen atoms in total. The van der Waals surface area contributed by atoms with Crippen molar-refractivity contribution in [3.05, 3.63) is 83.1 Å². The van der Waals surface area contributed by atoms with Crippen molar-refractivity contribution in [3.8, 4) is 11.5 Å². The maximum atomic E-state index is 14.8. The number of halogens is 1. The lowest BCUT2D eigenvalue weighted by Gasteiger charge is -2.12. The van der Waals surface area contributed by atoms with Crippen molar-refractivity contribution < 1.29 is 18.8 Å². The number of oxime groups is 1. The van der Waals surface area contributed by atoms with E-state index in [4.69, 9.17) is 21.8 Å². The molecule has 0 radical (unpaired) electrons. The van der Waals surface area contributed by atoms with Crippen LogP contribution in [0.1, 0.15) is 17.4 Å². The number of rotatable bonds is 7. The lowest BCUT2D eigenvalue weighted by atomic mass is 10.1. The molecule has 4 rings (SSSR count). The van der Waals surface area contributed by atoms with Crippen LogP contribution in [-0.4, -0.2) is 28.8 Å². The predicted octanol–water partition coefficient (Wildman–Crippen LogP) is 5.65. The topological polar surface area (TPSA) is 84.8 Å². The molecule has 2 aromatic heterocycles. The number of benzene rings is 2. The summed E-state index contributed by atoms with van der Waals surface area (Å²) in [5.41, 5.74) is 2.66. The number of amides is 1. The number of nitrogens with one attached hydrogen (secondary N) is 2. The Morgan fingerprint density at radius 3 is 2.69 bits per heavy atom. The van der Waals surface area contributed by atoms with E-state index in [2.05, 4.69) is 20.8 Å². The Balaban J connectivity index is 1.43. The van der Waals surface area contributed by atoms with Crippen molar-refractivity contribution in [2.45, 2.75) is 13.3 Å². The van der Waals surface area contributed by atoms with Crippen LogP contribution in [0.5, 0.6) is 11.5 Å². The smallest absolute Gasteiger partial charge is 0.230 e. The molecule has 10 heteroatoms. The number of aromatic nitrogens is 1. The molecule has 0 saturated heterocycles. The molecule has 0 aliphatic carbocycles. The van der Waals surface area contributed by atoms with E-state index in [1.54, 1.807) is 18.3 Å². The highest BCUT2D eigenvalue weighted by atomic mass is 32.1. The average Bonchev–Trinajstić information content (AvgIpc) is 3.27. The SMILES string of the molecule is CON=C(C)c1cc2nccc(Oc3ccc(NC(=S)NC(=O)Cc4ccccc4)cc3F)c2s1. The largest absolute Gasteiger partial charge is 0.453 e. The van der Waals surface area contributed by atoms with Gasteiger partial charge in [0.05, 0.1) is 27.2 Å². The molecule has 1 amide bonds. The Labute approximate surface area is 210 Å². The summed E-state index contributed by atoms with van der Waals surface area (Å²) in [5, 5.41) is 9.44. The van der Waals surface area contributed by atoms with Gasteiger partial charge < -0.3 is 20.2 Å². The van der Waals surface area contributed by atoms with Crippen LogP contribution in [0, 0.1) is 5.82 Å². The minimum Gasteiger partial charge on any atom is -0.453 e. The van der Waals surface area contributed by atoms with Crippen molar-refractivity contribution in [1.29, 1.82) is 0 Å². The van der Waals surface area contributed by atoms with Gasteiger partial charge in [0.15, 0.2) is 16.7 Å². The van der Waals surface area contributed by atoms with Crippen molar-refractivity contribution in [2.75, 3.05) is 12.4 Å². The van der Waals surface area contributed by atoms with Gasteiger partial charge in [-0.3, -0.25) is 9.78 Å². The maximum absolute atomic E-state index is 14.8. The fraction of sp³-hybridized carbons (Fsp3) is 0.120. The number of hydrogen-bond donors (Lipinski definition) is 2. The molecule has 0 saturated carbocycles. The van der Waals surface area contributed by atoms with E-state index in [0.717, 1.165) is 15.1 Å². The molecule has 0 spiro atoms. The number of hydrogen-bond acceptors (Lipinski definition) is 7. The Bertz CT molecular complexity index is 1410. The van der Waals surface area contributed by atoms with Gasteiger partial charge in [-0.05, 0) is 42.9 Å². The zero-order valence-corrected chi connectivity index (χ0v) is 20.5. The van der Waals surface area contributed by atoms with Crippen LogP contribution < -0.4 is 15.4 Å². The fourth-order valence-electron chi connectivity index (χ4n) is 3.25. The highest BCUT2D eigenvalue weighted by Gasteiger charge is 2.14. The lowest BCUT2D eigenvalue weighted by Crippen LogP contribution is -2.35. The third-order valence-electron chi connectivity index (χ3n) is 4.83. The van der Waals surface area contributed by atoms with Crippen molar-refractivity contribution in [1.82, 2.24) is 10.3 Å². The van der Waals surface area contributed by atoms with Crippen LogP contribution in [0.15, 0.2) is 72.0 Å². The fourth-order valence-corrected chi connectivity index (χ4v) is 4.48. The van der Waals surface area contributed by atoms with Gasteiger partial charge in [0.1, 0.15) is 12.9 Å². The van der Waals surface area contributed by atoms with Gasteiger partial charge in [-0.1, -0.05) is 35.5 Å². The summed E-state index contributed by atoms with van der Waals surface area (Å²) in [6, 6.07) is 17.2. The summed E-state index contributed by atoms with van der Waals surface area (Å²) in [4.78, 5) is 22.2. The van der Waals surface area contributed by atoms with Gasteiger partial charge in [-0.2, -0.15) is 0 Å². The van der Waals surface area contributed by atoms with E-state index in [1.165, 1.54) is 30.6 Å². The maximum Gasteiger partial charge on any atom is 0.230 e. The van der Waals surface area contributed by atoms with E-state index in [0.29, 0.717) is 22.7 Å². The Morgan fingerprint density at radius 2 is 1.94 bits per heavy atom. The van der Waals surface area contributed by atoms with E-state index < -0.39 is 5.82 Å². The number of nitrogens with zero attached hydrogens (tertiary/aromatic N) is 2. The minimum absolute atomic E-state index is 0.0410. The Hall–Kier alpha value is -3.89. The van der Waals surface area contributed by atoms with Gasteiger partial charge in [0.25, 0.3) is 0 Å². The van der Waals surface area contributed by atoms with Gasteiger partial charge in [0, 0.05) is 24.0 Å². The highest BCUT2D eigenvalue weighted by molar-refractivity contribution is 7.80. The molecule has 0 unspecified atom stereocenters. The molecule has 35 heavy (non-hydrogen) atoms. The second-order valence-electron chi connectivity index (χ2n) is 7.41. The number of ether oxygens (including phenoxy) is 1. The molecule has 0 fully saturated rings. The number of pyridine rings is 1. The first-order valence-electron chi connectivity index (χ1n) is 10.5. The van der Waals surface area contributed by atoms with Crippen LogP contribution in [0.2, 0.25) is 0 Å². The summed E-state index contributed by atoms with van der Waals surface area (Å²) in [6.07, 6.45) is 1.78. The second kappa shape index (κ2) is 11.0. The van der Waals surface area contributed by atoms with E-state index >= 15 is 0 Å². The van der Waals surface area contributed by atoms with Crippen molar-refractivity contribution >= 4 is 56.2 Å². The Morgan fingerprint density at radius 1 is 1.14 bits per heavy atom. The standard InChI is InChI=1S/C25H21FN4O3S2/c1-15(30-32-2)22-14-19-24(35-22)21(10-11-27-19)33-20-9-8-17(13-18(20)26)28-25(34)29-23(31)12-16-6-4-3-5-7-16/h3-11,13-14H,12H2,1-2H3,(H2,28,29,31,34). The second-order valence-corrected chi connectivity index (χ2v) is 8.87. The normalized spacial score (nSPS) is 11.2. The molecular formula is C25H21FN4O3S2. The summed E-state index contributed by atoms with van der Waals surface area (Å²) < 4.78 is 21.4. The zero-order chi connectivity index (χ0) is 24.8. The van der Waals surface area contributed by atoms with Gasteiger partial charge in [-0.15, -0.1) is 11.3 Å². The zero-order valence-electron chi connectivity index (χ0n) is 18.9. The first-order valence-corrected chi connectivity index (χ1v) is 11.7. The molecule has 178 valence electrons. The molecular weight excluding hydrogens is 487 g/mol. The summed E-state index contributed by atoms with van der Waals surface area (Å²) in [5.74, 6) is -0.344. The summed E-state index contributed by atoms with van der Waals surface area (Å²) >= 11 is 6.61. The monoisotopic (exact) mass is 508 g/mol. The summed E-state index contributed by atoms with van der Waals surface area (Å²) in [6.45, 7) is 1.83. The number of carbonyl (C=O) groups is 1. The van der Waals surface area contributed by atoms with Gasteiger partial charge in [-0.25, -0.2) is 4.39 Å². The molecule has 2 N–H and O–H groups in total. The Kier molecular flexibility index (Phi) is 7.64. The first-order chi connectivity index (χ1) is 16.9. The predicted molar refractivity (Wildman–Crippen MR) is 140 cm³/mol. The first kappa shape index (κ1) is 24.2. The molecule has 0 aliphatic heterocycles. The summed E-state index contributed by atoms with van der Waals surface area (Å²) in [7, 11) is 1.48. The van der Waals surface area contributed by atoms with Crippen LogP contribution in [0.3, 0.4) is 0 Å². The third-order valence-corrected chi connectivity index (χ3v) is 6.28. The van der Waals surface area contributed by atoms with Crippen molar-refractivity contribution in [3.63, 3.8) is 0 Å². The average molecular weight is 509 g/mol. The van der Waals surface area contributed by atoms with E-state index in [9.17, 15) is 9.18 Å².